The summed E-state index contributed by atoms with van der Waals surface area (Å²) < 4.78 is 5.77. The largest absolute Gasteiger partial charge is 0.508 e. The number of aliphatic hydroxyl groups is 2. The number of hydrogen-bond donors (Lipinski definition) is 3. The molecule has 1 aromatic rings. The molecule has 3 rings (SSSR count). The zero-order valence-corrected chi connectivity index (χ0v) is 16.1. The zero-order valence-electron chi connectivity index (χ0n) is 16.1. The van der Waals surface area contributed by atoms with Crippen molar-refractivity contribution < 1.29 is 20.1 Å². The Balaban J connectivity index is 2.22. The van der Waals surface area contributed by atoms with Gasteiger partial charge in [-0.05, 0) is 43.6 Å². The van der Waals surface area contributed by atoms with Crippen LogP contribution in [0, 0.1) is 11.3 Å². The van der Waals surface area contributed by atoms with Crippen molar-refractivity contribution in [3.63, 3.8) is 0 Å². The predicted molar refractivity (Wildman–Crippen MR) is 98.3 cm³/mol. The van der Waals surface area contributed by atoms with Crippen LogP contribution >= 0.6 is 0 Å². The van der Waals surface area contributed by atoms with Crippen molar-refractivity contribution in [2.24, 2.45) is 11.3 Å². The summed E-state index contributed by atoms with van der Waals surface area (Å²) in [5.41, 5.74) is 2.32. The van der Waals surface area contributed by atoms with Crippen molar-refractivity contribution in [2.75, 3.05) is 13.7 Å². The molecule has 1 fully saturated rings. The summed E-state index contributed by atoms with van der Waals surface area (Å²) in [6.45, 7) is 8.35. The van der Waals surface area contributed by atoms with Gasteiger partial charge in [-0.3, -0.25) is 0 Å². The van der Waals surface area contributed by atoms with Crippen LogP contribution in [0.1, 0.15) is 69.6 Å². The first-order valence-corrected chi connectivity index (χ1v) is 9.42. The van der Waals surface area contributed by atoms with Crippen molar-refractivity contribution in [1.82, 2.24) is 0 Å². The third-order valence-electron chi connectivity index (χ3n) is 7.07. The molecule has 4 heteroatoms. The predicted octanol–water partition coefficient (Wildman–Crippen LogP) is 3.50. The summed E-state index contributed by atoms with van der Waals surface area (Å²) in [5.74, 6) is 1.64. The van der Waals surface area contributed by atoms with Crippen molar-refractivity contribution >= 4 is 0 Å². The molecule has 1 saturated carbocycles. The van der Waals surface area contributed by atoms with Gasteiger partial charge in [-0.2, -0.15) is 0 Å². The van der Waals surface area contributed by atoms with Crippen LogP contribution in [0.25, 0.3) is 0 Å². The van der Waals surface area contributed by atoms with E-state index in [1.807, 2.05) is 13.0 Å². The molecule has 0 spiro atoms. The highest BCUT2D eigenvalue weighted by atomic mass is 16.5. The third-order valence-corrected chi connectivity index (χ3v) is 7.07. The summed E-state index contributed by atoms with van der Waals surface area (Å²) >= 11 is 0. The van der Waals surface area contributed by atoms with E-state index in [1.165, 1.54) is 0 Å². The quantitative estimate of drug-likeness (QED) is 0.782. The number of phenolic OH excluding ortho intramolecular Hbond substituents is 1. The first-order chi connectivity index (χ1) is 11.7. The van der Waals surface area contributed by atoms with Crippen LogP contribution in [-0.4, -0.2) is 35.1 Å². The van der Waals surface area contributed by atoms with Crippen LogP contribution in [0.2, 0.25) is 0 Å². The average Bonchev–Trinajstić information content (AvgIpc) is 2.57. The van der Waals surface area contributed by atoms with Gasteiger partial charge in [0.05, 0.1) is 19.8 Å². The van der Waals surface area contributed by atoms with Crippen molar-refractivity contribution in [3.8, 4) is 11.5 Å². The van der Waals surface area contributed by atoms with E-state index in [2.05, 4.69) is 20.8 Å². The van der Waals surface area contributed by atoms with E-state index in [-0.39, 0.29) is 23.9 Å². The molecule has 2 aliphatic carbocycles. The first kappa shape index (κ1) is 18.5. The van der Waals surface area contributed by atoms with Gasteiger partial charge in [0.25, 0.3) is 0 Å². The van der Waals surface area contributed by atoms with E-state index in [0.717, 1.165) is 41.7 Å². The Labute approximate surface area is 150 Å². The molecule has 0 radical (unpaired) electrons. The number of aliphatic hydroxyl groups excluding tert-OH is 2. The Kier molecular flexibility index (Phi) is 4.57. The van der Waals surface area contributed by atoms with Crippen LogP contribution < -0.4 is 4.74 Å². The monoisotopic (exact) mass is 348 g/mol. The molecule has 140 valence electrons. The highest BCUT2D eigenvalue weighted by molar-refractivity contribution is 5.59. The molecule has 0 aliphatic heterocycles. The number of rotatable bonds is 3. The number of aromatic hydroxyl groups is 1. The molecule has 1 aromatic carbocycles. The first-order valence-electron chi connectivity index (χ1n) is 9.42. The second kappa shape index (κ2) is 6.17. The molecular formula is C21H32O4. The highest BCUT2D eigenvalue weighted by Gasteiger charge is 2.56. The van der Waals surface area contributed by atoms with Crippen LogP contribution in [0.3, 0.4) is 0 Å². The van der Waals surface area contributed by atoms with Crippen LogP contribution in [0.4, 0.5) is 0 Å². The van der Waals surface area contributed by atoms with Gasteiger partial charge in [0.15, 0.2) is 0 Å². The summed E-state index contributed by atoms with van der Waals surface area (Å²) in [6, 6.07) is 1.86. The van der Waals surface area contributed by atoms with Crippen LogP contribution in [-0.2, 0) is 11.8 Å². The molecule has 25 heavy (non-hydrogen) atoms. The summed E-state index contributed by atoms with van der Waals surface area (Å²) in [7, 11) is 1.70. The molecule has 4 atom stereocenters. The smallest absolute Gasteiger partial charge is 0.126 e. The Morgan fingerprint density at radius 1 is 1.28 bits per heavy atom. The Hall–Kier alpha value is -1.26. The molecule has 3 N–H and O–H groups in total. The van der Waals surface area contributed by atoms with Crippen molar-refractivity contribution in [3.05, 3.63) is 22.8 Å². The SMILES string of the molecule is COc1c(C(C)C)cc(O)c2c1CC[C@H]1[C@@](C)(CO)[C@@H](O)CC[C@]21C. The Bertz CT molecular complexity index is 668. The molecule has 4 nitrogen and oxygen atoms in total. The maximum absolute atomic E-state index is 10.9. The Morgan fingerprint density at radius 3 is 2.52 bits per heavy atom. The summed E-state index contributed by atoms with van der Waals surface area (Å²) in [5, 5.41) is 31.6. The van der Waals surface area contributed by atoms with E-state index in [9.17, 15) is 15.3 Å². The molecular weight excluding hydrogens is 316 g/mol. The summed E-state index contributed by atoms with van der Waals surface area (Å²) in [4.78, 5) is 0. The number of benzene rings is 1. The fraction of sp³-hybridized carbons (Fsp3) is 0.714. The normalized spacial score (nSPS) is 34.6. The fourth-order valence-electron chi connectivity index (χ4n) is 5.63. The average molecular weight is 348 g/mol. The molecule has 2 aliphatic rings. The summed E-state index contributed by atoms with van der Waals surface area (Å²) in [6.07, 6.45) is 2.62. The number of phenols is 1. The third kappa shape index (κ3) is 2.48. The van der Waals surface area contributed by atoms with Crippen molar-refractivity contribution in [2.45, 2.75) is 70.8 Å². The second-order valence-corrected chi connectivity index (χ2v) is 8.75. The Morgan fingerprint density at radius 2 is 1.96 bits per heavy atom. The number of hydrogen-bond acceptors (Lipinski definition) is 4. The number of fused-ring (bicyclic) bond motifs is 3. The van der Waals surface area contributed by atoms with E-state index in [0.29, 0.717) is 12.2 Å². The van der Waals surface area contributed by atoms with Crippen molar-refractivity contribution in [1.29, 1.82) is 0 Å². The fourth-order valence-corrected chi connectivity index (χ4v) is 5.63. The molecule has 0 unspecified atom stereocenters. The highest BCUT2D eigenvalue weighted by Crippen LogP contribution is 2.60. The van der Waals surface area contributed by atoms with E-state index < -0.39 is 11.5 Å². The minimum Gasteiger partial charge on any atom is -0.508 e. The number of ether oxygens (including phenoxy) is 1. The zero-order chi connectivity index (χ0) is 18.6. The molecule has 0 bridgehead atoms. The minimum atomic E-state index is -0.541. The molecule has 0 saturated heterocycles. The lowest BCUT2D eigenvalue weighted by atomic mass is 9.49. The molecule has 0 heterocycles. The maximum atomic E-state index is 10.9. The van der Waals surface area contributed by atoms with E-state index >= 15 is 0 Å². The lowest BCUT2D eigenvalue weighted by molar-refractivity contribution is -0.110. The van der Waals surface area contributed by atoms with Gasteiger partial charge in [-0.15, -0.1) is 0 Å². The number of methoxy groups -OCH3 is 1. The van der Waals surface area contributed by atoms with Gasteiger partial charge in [0, 0.05) is 27.5 Å². The van der Waals surface area contributed by atoms with Gasteiger partial charge in [-0.25, -0.2) is 0 Å². The van der Waals surface area contributed by atoms with Gasteiger partial charge in [0.2, 0.25) is 0 Å². The maximum Gasteiger partial charge on any atom is 0.126 e. The lowest BCUT2D eigenvalue weighted by Crippen LogP contribution is -2.56. The second-order valence-electron chi connectivity index (χ2n) is 8.75. The minimum absolute atomic E-state index is 0.0360. The van der Waals surface area contributed by atoms with Crippen LogP contribution in [0.5, 0.6) is 11.5 Å². The molecule has 0 amide bonds. The van der Waals surface area contributed by atoms with Gasteiger partial charge in [-0.1, -0.05) is 27.7 Å². The van der Waals surface area contributed by atoms with Gasteiger partial charge in [0.1, 0.15) is 11.5 Å². The van der Waals surface area contributed by atoms with Gasteiger partial charge >= 0.3 is 0 Å². The standard InChI is InChI=1S/C21H32O4/c1-12(2)14-10-15(23)18-13(19(14)25-5)6-7-16-20(18,3)9-8-17(24)21(16,4)11-22/h10,12,16-17,22-24H,6-9,11H2,1-5H3/t16-,17+,20+,21-/m1/s1. The molecule has 0 aromatic heterocycles. The van der Waals surface area contributed by atoms with Gasteiger partial charge < -0.3 is 20.1 Å². The topological polar surface area (TPSA) is 69.9 Å². The van der Waals surface area contributed by atoms with Crippen LogP contribution in [0.15, 0.2) is 6.07 Å². The van der Waals surface area contributed by atoms with E-state index in [4.69, 9.17) is 4.74 Å². The lowest BCUT2D eigenvalue weighted by Gasteiger charge is -2.57. The van der Waals surface area contributed by atoms with E-state index in [1.54, 1.807) is 7.11 Å².